The predicted molar refractivity (Wildman–Crippen MR) is 210 cm³/mol. The molecule has 0 saturated carbocycles. The van der Waals surface area contributed by atoms with E-state index in [9.17, 15) is 9.59 Å². The Kier molecular flexibility index (Phi) is 11.7. The third-order valence-electron chi connectivity index (χ3n) is 8.72. The quantitative estimate of drug-likeness (QED) is 0.109. The number of ketones is 2. The fourth-order valence-corrected chi connectivity index (χ4v) is 6.32. The molecule has 8 aromatic rings. The van der Waals surface area contributed by atoms with Gasteiger partial charge in [0.25, 0.3) is 0 Å². The highest BCUT2D eigenvalue weighted by Gasteiger charge is 2.20. The van der Waals surface area contributed by atoms with Crippen LogP contribution in [0.15, 0.2) is 116 Å². The highest BCUT2D eigenvalue weighted by molar-refractivity contribution is 6.42. The average Bonchev–Trinajstić information content (AvgIpc) is 4.03. The molecule has 6 heterocycles. The number of Topliss-reactive ketones (excluding diaryl/α,β-unsaturated/α-hetero) is 2. The molecule has 6 aromatic heterocycles. The van der Waals surface area contributed by atoms with Crippen molar-refractivity contribution >= 4 is 58.0 Å². The lowest BCUT2D eigenvalue weighted by Crippen LogP contribution is -2.07. The number of furan rings is 2. The van der Waals surface area contributed by atoms with Crippen LogP contribution in [0.3, 0.4) is 0 Å². The van der Waals surface area contributed by atoms with E-state index in [-0.39, 0.29) is 35.8 Å². The molecule has 0 aliphatic heterocycles. The molecule has 0 N–H and O–H groups in total. The van der Waals surface area contributed by atoms with E-state index < -0.39 is 0 Å². The van der Waals surface area contributed by atoms with Crippen LogP contribution < -0.4 is 0 Å². The predicted octanol–water partition coefficient (Wildman–Crippen LogP) is 10.4. The van der Waals surface area contributed by atoms with Gasteiger partial charge >= 0.3 is 0 Å². The first-order valence-corrected chi connectivity index (χ1v) is 18.5. The van der Waals surface area contributed by atoms with E-state index in [0.29, 0.717) is 56.2 Å². The summed E-state index contributed by atoms with van der Waals surface area (Å²) >= 11 is 24.0. The summed E-state index contributed by atoms with van der Waals surface area (Å²) in [5.41, 5.74) is 5.77. The van der Waals surface area contributed by atoms with E-state index in [1.54, 1.807) is 71.5 Å². The Labute approximate surface area is 339 Å². The molecule has 0 saturated heterocycles. The van der Waals surface area contributed by atoms with Gasteiger partial charge in [-0.25, -0.2) is 0 Å². The first-order chi connectivity index (χ1) is 27.0. The third kappa shape index (κ3) is 9.06. The van der Waals surface area contributed by atoms with Crippen molar-refractivity contribution in [2.45, 2.75) is 39.8 Å². The molecule has 0 amide bonds. The number of nitrogens with zero attached hydrogens (tertiary/aromatic N) is 6. The van der Waals surface area contributed by atoms with Crippen LogP contribution in [0.5, 0.6) is 0 Å². The van der Waals surface area contributed by atoms with Crippen LogP contribution in [0.25, 0.3) is 23.0 Å². The smallest absolute Gasteiger partial charge is 0.202 e. The van der Waals surface area contributed by atoms with Gasteiger partial charge in [-0.05, 0) is 73.5 Å². The van der Waals surface area contributed by atoms with Crippen molar-refractivity contribution < 1.29 is 27.5 Å². The lowest BCUT2D eigenvalue weighted by Gasteiger charge is -2.07. The molecule has 0 aliphatic rings. The summed E-state index contributed by atoms with van der Waals surface area (Å²) in [7, 11) is 0. The van der Waals surface area contributed by atoms with Gasteiger partial charge in [-0.15, -0.1) is 0 Å². The van der Waals surface area contributed by atoms with Crippen LogP contribution >= 0.6 is 46.4 Å². The molecule has 0 fully saturated rings. The van der Waals surface area contributed by atoms with E-state index in [1.165, 1.54) is 12.5 Å². The standard InChI is InChI=1S/2C20H15Cl2N3O3/c1-12-14(10-23-25(12)11-13-4-5-15(21)16(22)7-13)8-18(26)17-9-20(28-24-17)19-3-2-6-27-19;1-12-14(11-25(23-12)10-13-4-5-15(21)16(22)7-13)8-18(26)17-9-20(28-24-17)19-3-2-6-27-19/h2-7,9-10H,8,11H2,1H3;2-7,9,11H,8,10H2,1H3. The topological polar surface area (TPSA) is 148 Å². The van der Waals surface area contributed by atoms with Gasteiger partial charge in [0.1, 0.15) is 0 Å². The van der Waals surface area contributed by atoms with Gasteiger partial charge in [-0.3, -0.25) is 19.0 Å². The monoisotopic (exact) mass is 830 g/mol. The molecule has 0 atom stereocenters. The number of carbonyl (C=O) groups excluding carboxylic acids is 2. The van der Waals surface area contributed by atoms with Crippen LogP contribution in [0.2, 0.25) is 20.1 Å². The summed E-state index contributed by atoms with van der Waals surface area (Å²) in [5, 5.41) is 18.6. The zero-order valence-corrected chi connectivity index (χ0v) is 32.7. The lowest BCUT2D eigenvalue weighted by molar-refractivity contribution is 0.0976. The number of carbonyl (C=O) groups is 2. The fraction of sp³-hybridized carbons (Fsp3) is 0.150. The van der Waals surface area contributed by atoms with E-state index in [4.69, 9.17) is 64.3 Å². The third-order valence-corrected chi connectivity index (χ3v) is 10.2. The number of aromatic nitrogens is 6. The van der Waals surface area contributed by atoms with Crippen molar-refractivity contribution in [3.8, 4) is 23.0 Å². The van der Waals surface area contributed by atoms with Crippen LogP contribution in [0.4, 0.5) is 0 Å². The van der Waals surface area contributed by atoms with Crippen molar-refractivity contribution in [3.05, 3.63) is 163 Å². The van der Waals surface area contributed by atoms with Crippen LogP contribution in [0, 0.1) is 13.8 Å². The first-order valence-electron chi connectivity index (χ1n) is 17.0. The summed E-state index contributed by atoms with van der Waals surface area (Å²) in [6, 6.07) is 21.0. The van der Waals surface area contributed by atoms with Crippen LogP contribution in [-0.4, -0.2) is 41.4 Å². The number of benzene rings is 2. The molecule has 0 unspecified atom stereocenters. The average molecular weight is 833 g/mol. The fourth-order valence-electron chi connectivity index (χ4n) is 5.68. The van der Waals surface area contributed by atoms with E-state index in [2.05, 4.69) is 20.5 Å². The Morgan fingerprint density at radius 2 is 1.18 bits per heavy atom. The van der Waals surface area contributed by atoms with Gasteiger partial charge in [0, 0.05) is 48.0 Å². The van der Waals surface area contributed by atoms with Crippen molar-refractivity contribution in [1.82, 2.24) is 29.9 Å². The van der Waals surface area contributed by atoms with Crippen molar-refractivity contribution in [1.29, 1.82) is 0 Å². The second kappa shape index (κ2) is 17.0. The Morgan fingerprint density at radius 1 is 0.643 bits per heavy atom. The van der Waals surface area contributed by atoms with Gasteiger partial charge in [0.05, 0.1) is 57.6 Å². The molecule has 2 aromatic carbocycles. The Bertz CT molecular complexity index is 2540. The van der Waals surface area contributed by atoms with Gasteiger partial charge < -0.3 is 17.9 Å². The lowest BCUT2D eigenvalue weighted by atomic mass is 10.1. The van der Waals surface area contributed by atoms with E-state index >= 15 is 0 Å². The Hall–Kier alpha value is -5.66. The molecule has 0 radical (unpaired) electrons. The van der Waals surface area contributed by atoms with E-state index in [1.807, 2.05) is 36.9 Å². The van der Waals surface area contributed by atoms with Crippen molar-refractivity contribution in [3.63, 3.8) is 0 Å². The molecule has 0 spiro atoms. The van der Waals surface area contributed by atoms with E-state index in [0.717, 1.165) is 33.6 Å². The molecule has 0 bridgehead atoms. The molecule has 56 heavy (non-hydrogen) atoms. The maximum Gasteiger partial charge on any atom is 0.202 e. The number of halogens is 4. The van der Waals surface area contributed by atoms with Gasteiger partial charge in [0.2, 0.25) is 11.5 Å². The minimum Gasteiger partial charge on any atom is -0.461 e. The minimum atomic E-state index is -0.154. The Balaban J connectivity index is 0.000000172. The van der Waals surface area contributed by atoms with Crippen LogP contribution in [-0.2, 0) is 25.9 Å². The number of hydrogen-bond donors (Lipinski definition) is 0. The Morgan fingerprint density at radius 3 is 1.70 bits per heavy atom. The largest absolute Gasteiger partial charge is 0.461 e. The second-order valence-corrected chi connectivity index (χ2v) is 14.3. The van der Waals surface area contributed by atoms with Crippen molar-refractivity contribution in [2.75, 3.05) is 0 Å². The van der Waals surface area contributed by atoms with Crippen molar-refractivity contribution in [2.24, 2.45) is 0 Å². The highest BCUT2D eigenvalue weighted by atomic mass is 35.5. The summed E-state index contributed by atoms with van der Waals surface area (Å²) < 4.78 is 24.5. The summed E-state index contributed by atoms with van der Waals surface area (Å²) in [6.45, 7) is 4.84. The summed E-state index contributed by atoms with van der Waals surface area (Å²) in [6.07, 6.45) is 6.96. The zero-order valence-electron chi connectivity index (χ0n) is 29.7. The van der Waals surface area contributed by atoms with Gasteiger partial charge in [-0.2, -0.15) is 10.2 Å². The molecule has 284 valence electrons. The molecule has 12 nitrogen and oxygen atoms in total. The maximum atomic E-state index is 12.6. The molecule has 16 heteroatoms. The van der Waals surface area contributed by atoms with Gasteiger partial charge in [0.15, 0.2) is 34.5 Å². The molecular formula is C40H30Cl4N6O6. The minimum absolute atomic E-state index is 0.154. The molecular weight excluding hydrogens is 802 g/mol. The second-order valence-electron chi connectivity index (χ2n) is 12.7. The zero-order chi connectivity index (χ0) is 39.3. The summed E-state index contributed by atoms with van der Waals surface area (Å²) in [5.74, 6) is 1.58. The van der Waals surface area contributed by atoms with Crippen LogP contribution in [0.1, 0.15) is 54.6 Å². The summed E-state index contributed by atoms with van der Waals surface area (Å²) in [4.78, 5) is 25.2. The van der Waals surface area contributed by atoms with Gasteiger partial charge in [-0.1, -0.05) is 68.8 Å². The normalized spacial score (nSPS) is 11.1. The number of hydrogen-bond acceptors (Lipinski definition) is 10. The molecule has 8 rings (SSSR count). The maximum absolute atomic E-state index is 12.6. The highest BCUT2D eigenvalue weighted by Crippen LogP contribution is 2.26. The molecule has 0 aliphatic carbocycles. The SMILES string of the molecule is Cc1c(CC(=O)c2cc(-c3ccco3)on2)cnn1Cc1ccc(Cl)c(Cl)c1.Cc1nn(Cc2ccc(Cl)c(Cl)c2)cc1CC(=O)c1cc(-c2ccco2)on1. The number of aryl methyl sites for hydroxylation is 1. The number of rotatable bonds is 12. The first kappa shape index (κ1) is 38.6.